The average Bonchev–Trinajstić information content (AvgIpc) is 2.94. The van der Waals surface area contributed by atoms with Gasteiger partial charge >= 0.3 is 0 Å². The minimum atomic E-state index is -0.349. The fraction of sp³-hybridized carbons (Fsp3) is 0.875. The Bertz CT molecular complexity index is 385. The van der Waals surface area contributed by atoms with Gasteiger partial charge in [-0.05, 0) is 32.7 Å². The van der Waals surface area contributed by atoms with E-state index in [-0.39, 0.29) is 23.8 Å². The average molecular weight is 295 g/mol. The maximum atomic E-state index is 12.5. The van der Waals surface area contributed by atoms with Gasteiger partial charge in [-0.1, -0.05) is 19.3 Å². The molecule has 0 spiro atoms. The van der Waals surface area contributed by atoms with Gasteiger partial charge < -0.3 is 15.1 Å². The Morgan fingerprint density at radius 2 is 1.86 bits per heavy atom. The molecule has 1 saturated carbocycles. The lowest BCUT2D eigenvalue weighted by molar-refractivity contribution is -0.145. The first-order chi connectivity index (χ1) is 9.94. The molecule has 1 heterocycles. The molecule has 2 rings (SSSR count). The fourth-order valence-electron chi connectivity index (χ4n) is 3.52. The number of nitrogens with zero attached hydrogens (tertiary/aromatic N) is 2. The van der Waals surface area contributed by atoms with E-state index in [1.54, 1.807) is 11.9 Å². The highest BCUT2D eigenvalue weighted by Crippen LogP contribution is 2.27. The highest BCUT2D eigenvalue weighted by atomic mass is 16.2. The van der Waals surface area contributed by atoms with Crippen LogP contribution in [0, 0.1) is 5.41 Å². The maximum absolute atomic E-state index is 12.5. The van der Waals surface area contributed by atoms with Crippen LogP contribution in [0.25, 0.3) is 0 Å². The molecule has 1 aliphatic heterocycles. The Labute approximate surface area is 128 Å². The van der Waals surface area contributed by atoms with Crippen LogP contribution in [-0.2, 0) is 9.59 Å². The molecule has 2 aliphatic rings. The van der Waals surface area contributed by atoms with E-state index in [2.05, 4.69) is 5.32 Å². The van der Waals surface area contributed by atoms with Crippen molar-refractivity contribution in [1.82, 2.24) is 15.1 Å². The van der Waals surface area contributed by atoms with E-state index < -0.39 is 0 Å². The zero-order valence-corrected chi connectivity index (χ0v) is 13.7. The standard InChI is InChI=1S/C16H29N3O2/c1-16(9-10-17-12-16)15(21)18(2)11-14(20)19(3)13-7-5-4-6-8-13/h13,17H,4-12H2,1-3H3. The smallest absolute Gasteiger partial charge is 0.242 e. The monoisotopic (exact) mass is 295 g/mol. The number of amides is 2. The lowest BCUT2D eigenvalue weighted by Crippen LogP contribution is -2.48. The van der Waals surface area contributed by atoms with Crippen LogP contribution in [0.1, 0.15) is 45.4 Å². The number of carbonyl (C=O) groups excluding carboxylic acids is 2. The molecule has 2 amide bonds. The summed E-state index contributed by atoms with van der Waals surface area (Å²) in [5.74, 6) is 0.144. The molecule has 5 nitrogen and oxygen atoms in total. The van der Waals surface area contributed by atoms with Crippen molar-refractivity contribution in [3.8, 4) is 0 Å². The summed E-state index contributed by atoms with van der Waals surface area (Å²) >= 11 is 0. The largest absolute Gasteiger partial charge is 0.341 e. The van der Waals surface area contributed by atoms with Crippen molar-refractivity contribution >= 4 is 11.8 Å². The third-order valence-electron chi connectivity index (χ3n) is 5.12. The van der Waals surface area contributed by atoms with E-state index in [4.69, 9.17) is 0 Å². The van der Waals surface area contributed by atoms with Crippen molar-refractivity contribution < 1.29 is 9.59 Å². The molecule has 0 aromatic heterocycles. The van der Waals surface area contributed by atoms with Gasteiger partial charge in [0.05, 0.1) is 12.0 Å². The van der Waals surface area contributed by atoms with E-state index in [1.807, 2.05) is 18.9 Å². The molecule has 0 aromatic rings. The van der Waals surface area contributed by atoms with Gasteiger partial charge in [0.1, 0.15) is 0 Å². The number of hydrogen-bond donors (Lipinski definition) is 1. The van der Waals surface area contributed by atoms with Crippen LogP contribution in [0.3, 0.4) is 0 Å². The first kappa shape index (κ1) is 16.3. The van der Waals surface area contributed by atoms with Crippen molar-refractivity contribution in [2.45, 2.75) is 51.5 Å². The summed E-state index contributed by atoms with van der Waals surface area (Å²) in [6.45, 7) is 3.78. The summed E-state index contributed by atoms with van der Waals surface area (Å²) in [6, 6.07) is 0.360. The van der Waals surface area contributed by atoms with E-state index in [0.29, 0.717) is 12.6 Å². The molecule has 21 heavy (non-hydrogen) atoms. The van der Waals surface area contributed by atoms with Gasteiger partial charge in [-0.2, -0.15) is 0 Å². The zero-order chi connectivity index (χ0) is 15.5. The van der Waals surface area contributed by atoms with Gasteiger partial charge in [0.15, 0.2) is 0 Å². The van der Waals surface area contributed by atoms with Gasteiger partial charge in [-0.25, -0.2) is 0 Å². The Morgan fingerprint density at radius 1 is 1.19 bits per heavy atom. The Balaban J connectivity index is 1.87. The summed E-state index contributed by atoms with van der Waals surface area (Å²) in [6.07, 6.45) is 6.75. The van der Waals surface area contributed by atoms with Gasteiger partial charge in [0, 0.05) is 26.7 Å². The molecule has 1 atom stereocenters. The third-order valence-corrected chi connectivity index (χ3v) is 5.12. The molecule has 0 radical (unpaired) electrons. The predicted octanol–water partition coefficient (Wildman–Crippen LogP) is 1.24. The minimum Gasteiger partial charge on any atom is -0.341 e. The number of hydrogen-bond acceptors (Lipinski definition) is 3. The van der Waals surface area contributed by atoms with Crippen LogP contribution in [0.4, 0.5) is 0 Å². The molecule has 2 fully saturated rings. The first-order valence-electron chi connectivity index (χ1n) is 8.16. The van der Waals surface area contributed by atoms with Crippen LogP contribution >= 0.6 is 0 Å². The molecule has 1 saturated heterocycles. The van der Waals surface area contributed by atoms with E-state index in [0.717, 1.165) is 25.8 Å². The molecule has 1 unspecified atom stereocenters. The summed E-state index contributed by atoms with van der Waals surface area (Å²) in [7, 11) is 3.63. The Morgan fingerprint density at radius 3 is 2.43 bits per heavy atom. The second-order valence-corrected chi connectivity index (χ2v) is 6.95. The molecule has 1 N–H and O–H groups in total. The molecular weight excluding hydrogens is 266 g/mol. The molecule has 120 valence electrons. The summed E-state index contributed by atoms with van der Waals surface area (Å²) in [5, 5.41) is 3.23. The third kappa shape index (κ3) is 3.76. The lowest BCUT2D eigenvalue weighted by Gasteiger charge is -2.34. The van der Waals surface area contributed by atoms with Crippen LogP contribution in [0.2, 0.25) is 0 Å². The van der Waals surface area contributed by atoms with Gasteiger partial charge in [-0.3, -0.25) is 9.59 Å². The van der Waals surface area contributed by atoms with Crippen molar-refractivity contribution in [3.63, 3.8) is 0 Å². The molecule has 5 heteroatoms. The zero-order valence-electron chi connectivity index (χ0n) is 13.7. The topological polar surface area (TPSA) is 52.7 Å². The normalized spacial score (nSPS) is 26.6. The van der Waals surface area contributed by atoms with Crippen molar-refractivity contribution in [2.75, 3.05) is 33.7 Å². The lowest BCUT2D eigenvalue weighted by atomic mass is 9.88. The van der Waals surface area contributed by atoms with Crippen LogP contribution < -0.4 is 5.32 Å². The number of likely N-dealkylation sites (N-methyl/N-ethyl adjacent to an activating group) is 2. The second kappa shape index (κ2) is 6.77. The first-order valence-corrected chi connectivity index (χ1v) is 8.16. The predicted molar refractivity (Wildman–Crippen MR) is 82.9 cm³/mol. The fourth-order valence-corrected chi connectivity index (χ4v) is 3.52. The van der Waals surface area contributed by atoms with Gasteiger partial charge in [0.2, 0.25) is 11.8 Å². The minimum absolute atomic E-state index is 0.0623. The van der Waals surface area contributed by atoms with Gasteiger partial charge in [0.25, 0.3) is 0 Å². The highest BCUT2D eigenvalue weighted by Gasteiger charge is 2.38. The number of rotatable bonds is 4. The molecule has 0 aromatic carbocycles. The highest BCUT2D eigenvalue weighted by molar-refractivity contribution is 5.88. The number of nitrogens with one attached hydrogen (secondary N) is 1. The molecule has 0 bridgehead atoms. The van der Waals surface area contributed by atoms with Crippen LogP contribution in [0.5, 0.6) is 0 Å². The van der Waals surface area contributed by atoms with Crippen LogP contribution in [0.15, 0.2) is 0 Å². The second-order valence-electron chi connectivity index (χ2n) is 6.95. The molecular formula is C16H29N3O2. The SMILES string of the molecule is CN(CC(=O)N(C)C1CCCCC1)C(=O)C1(C)CCNC1. The quantitative estimate of drug-likeness (QED) is 0.849. The Hall–Kier alpha value is -1.10. The summed E-state index contributed by atoms with van der Waals surface area (Å²) in [4.78, 5) is 28.4. The number of carbonyl (C=O) groups is 2. The van der Waals surface area contributed by atoms with Crippen molar-refractivity contribution in [1.29, 1.82) is 0 Å². The van der Waals surface area contributed by atoms with Crippen molar-refractivity contribution in [2.24, 2.45) is 5.41 Å². The Kier molecular flexibility index (Phi) is 5.25. The van der Waals surface area contributed by atoms with Crippen LogP contribution in [-0.4, -0.2) is 61.4 Å². The van der Waals surface area contributed by atoms with E-state index >= 15 is 0 Å². The van der Waals surface area contributed by atoms with E-state index in [9.17, 15) is 9.59 Å². The maximum Gasteiger partial charge on any atom is 0.242 e. The molecule has 1 aliphatic carbocycles. The van der Waals surface area contributed by atoms with E-state index in [1.165, 1.54) is 19.3 Å². The van der Waals surface area contributed by atoms with Gasteiger partial charge in [-0.15, -0.1) is 0 Å². The van der Waals surface area contributed by atoms with Crippen molar-refractivity contribution in [3.05, 3.63) is 0 Å². The summed E-state index contributed by atoms with van der Waals surface area (Å²) in [5.41, 5.74) is -0.349. The summed E-state index contributed by atoms with van der Waals surface area (Å²) < 4.78 is 0.